The average molecular weight is 329 g/mol. The van der Waals surface area contributed by atoms with Gasteiger partial charge in [0.05, 0.1) is 12.4 Å². The van der Waals surface area contributed by atoms with E-state index in [1.54, 1.807) is 7.11 Å². The second-order valence-corrected chi connectivity index (χ2v) is 8.34. The zero-order valence-corrected chi connectivity index (χ0v) is 14.7. The van der Waals surface area contributed by atoms with E-state index in [2.05, 4.69) is 42.5 Å². The third-order valence-corrected chi connectivity index (χ3v) is 7.56. The first-order valence-electron chi connectivity index (χ1n) is 8.49. The molecule has 1 saturated heterocycles. The van der Waals surface area contributed by atoms with Crippen LogP contribution in [0.2, 0.25) is 0 Å². The van der Waals surface area contributed by atoms with Crippen LogP contribution in [0.15, 0.2) is 24.3 Å². The third kappa shape index (κ3) is 1.57. The number of nitrogens with zero attached hydrogens (tertiary/aromatic N) is 1. The maximum Gasteiger partial charge on any atom is 0.165 e. The maximum atomic E-state index is 6.62. The van der Waals surface area contributed by atoms with Gasteiger partial charge in [0.15, 0.2) is 11.5 Å². The van der Waals surface area contributed by atoms with E-state index in [1.807, 2.05) is 11.8 Å². The van der Waals surface area contributed by atoms with Crippen LogP contribution in [0.4, 0.5) is 0 Å². The molecule has 0 radical (unpaired) electrons. The molecule has 5 atom stereocenters. The van der Waals surface area contributed by atoms with E-state index >= 15 is 0 Å². The Kier molecular flexibility index (Phi) is 2.91. The predicted molar refractivity (Wildman–Crippen MR) is 93.8 cm³/mol. The highest BCUT2D eigenvalue weighted by molar-refractivity contribution is 7.99. The summed E-state index contributed by atoms with van der Waals surface area (Å²) in [4.78, 5) is 2.56. The van der Waals surface area contributed by atoms with Gasteiger partial charge in [0, 0.05) is 22.9 Å². The van der Waals surface area contributed by atoms with Gasteiger partial charge in [-0.25, -0.2) is 0 Å². The minimum absolute atomic E-state index is 0.150. The number of methoxy groups -OCH3 is 1. The minimum atomic E-state index is 0.150. The molecule has 2 bridgehead atoms. The summed E-state index contributed by atoms with van der Waals surface area (Å²) in [5.41, 5.74) is 3.10. The molecular weight excluding hydrogens is 306 g/mol. The highest BCUT2D eigenvalue weighted by Crippen LogP contribution is 2.63. The van der Waals surface area contributed by atoms with Crippen molar-refractivity contribution < 1.29 is 9.47 Å². The maximum absolute atomic E-state index is 6.62. The van der Waals surface area contributed by atoms with Crippen molar-refractivity contribution in [2.24, 2.45) is 5.92 Å². The normalized spacial score (nSPS) is 39.8. The summed E-state index contributed by atoms with van der Waals surface area (Å²) in [6, 6.07) is 4.97. The van der Waals surface area contributed by atoms with Crippen LogP contribution < -0.4 is 9.47 Å². The van der Waals surface area contributed by atoms with E-state index in [-0.39, 0.29) is 11.5 Å². The van der Waals surface area contributed by atoms with Crippen LogP contribution in [0.5, 0.6) is 11.5 Å². The van der Waals surface area contributed by atoms with E-state index in [1.165, 1.54) is 17.5 Å². The summed E-state index contributed by atoms with van der Waals surface area (Å²) in [5, 5.41) is 0.429. The number of likely N-dealkylation sites (N-methyl/N-ethyl adjacent to an activating group) is 1. The Morgan fingerprint density at radius 2 is 2.22 bits per heavy atom. The van der Waals surface area contributed by atoms with Crippen molar-refractivity contribution >= 4 is 11.8 Å². The van der Waals surface area contributed by atoms with Crippen LogP contribution in [0.25, 0.3) is 0 Å². The number of benzene rings is 1. The minimum Gasteiger partial charge on any atom is -0.493 e. The van der Waals surface area contributed by atoms with E-state index in [0.717, 1.165) is 24.5 Å². The molecule has 0 amide bonds. The van der Waals surface area contributed by atoms with Gasteiger partial charge in [-0.05, 0) is 44.3 Å². The number of thioether (sulfide) groups is 1. The fourth-order valence-corrected chi connectivity index (χ4v) is 6.37. The number of ether oxygens (including phenoxy) is 2. The summed E-state index contributed by atoms with van der Waals surface area (Å²) >= 11 is 1.91. The molecule has 2 aliphatic heterocycles. The number of likely N-dealkylation sites (tertiary alicyclic amines) is 1. The van der Waals surface area contributed by atoms with E-state index in [9.17, 15) is 0 Å². The van der Waals surface area contributed by atoms with Gasteiger partial charge in [-0.1, -0.05) is 18.2 Å². The third-order valence-electron chi connectivity index (χ3n) is 6.61. The van der Waals surface area contributed by atoms with E-state index < -0.39 is 0 Å². The Hall–Kier alpha value is -1.13. The van der Waals surface area contributed by atoms with Crippen molar-refractivity contribution in [2.75, 3.05) is 27.0 Å². The molecule has 0 saturated carbocycles. The average Bonchev–Trinajstić information content (AvgIpc) is 2.92. The van der Waals surface area contributed by atoms with Crippen molar-refractivity contribution in [3.05, 3.63) is 35.4 Å². The van der Waals surface area contributed by atoms with Crippen molar-refractivity contribution in [1.82, 2.24) is 4.90 Å². The summed E-state index contributed by atoms with van der Waals surface area (Å²) in [6.07, 6.45) is 9.65. The second kappa shape index (κ2) is 4.70. The number of hydrogen-bond acceptors (Lipinski definition) is 4. The van der Waals surface area contributed by atoms with Crippen LogP contribution in [-0.2, 0) is 11.8 Å². The topological polar surface area (TPSA) is 21.7 Å². The number of hydrogen-bond donors (Lipinski definition) is 0. The van der Waals surface area contributed by atoms with Crippen molar-refractivity contribution in [2.45, 2.75) is 35.7 Å². The molecule has 1 spiro atoms. The molecular formula is C19H23NO2S. The summed E-state index contributed by atoms with van der Waals surface area (Å²) < 4.78 is 12.3. The Morgan fingerprint density at radius 1 is 1.35 bits per heavy atom. The van der Waals surface area contributed by atoms with Gasteiger partial charge in [-0.2, -0.15) is 11.8 Å². The quantitative estimate of drug-likeness (QED) is 0.778. The molecule has 1 fully saturated rings. The highest BCUT2D eigenvalue weighted by atomic mass is 32.2. The molecule has 0 N–H and O–H groups in total. The lowest BCUT2D eigenvalue weighted by Crippen LogP contribution is -2.64. The smallest absolute Gasteiger partial charge is 0.165 e. The summed E-state index contributed by atoms with van der Waals surface area (Å²) in [7, 11) is 4.04. The van der Waals surface area contributed by atoms with E-state index in [4.69, 9.17) is 9.47 Å². The van der Waals surface area contributed by atoms with Crippen molar-refractivity contribution in [3.63, 3.8) is 0 Å². The predicted octanol–water partition coefficient (Wildman–Crippen LogP) is 2.87. The molecule has 2 heterocycles. The zero-order valence-electron chi connectivity index (χ0n) is 13.9. The largest absolute Gasteiger partial charge is 0.493 e. The molecule has 0 unspecified atom stereocenters. The molecule has 4 heteroatoms. The molecule has 1 aromatic carbocycles. The first kappa shape index (κ1) is 14.2. The van der Waals surface area contributed by atoms with Gasteiger partial charge in [0.1, 0.15) is 6.10 Å². The van der Waals surface area contributed by atoms with Crippen LogP contribution in [0, 0.1) is 5.92 Å². The van der Waals surface area contributed by atoms with Crippen LogP contribution in [0.1, 0.15) is 17.5 Å². The SMILES string of the molecule is COc1ccc2c3c1O[C@H]1[C@H](SC)C=C[C@H]4[C@@H](C2)N(C)CC[C@@]341. The first-order valence-corrected chi connectivity index (χ1v) is 9.78. The monoisotopic (exact) mass is 329 g/mol. The summed E-state index contributed by atoms with van der Waals surface area (Å²) in [6.45, 7) is 1.16. The van der Waals surface area contributed by atoms with Crippen molar-refractivity contribution in [1.29, 1.82) is 0 Å². The van der Waals surface area contributed by atoms with E-state index in [0.29, 0.717) is 17.2 Å². The number of piperidine rings is 1. The lowest BCUT2D eigenvalue weighted by Gasteiger charge is -2.56. The zero-order chi connectivity index (χ0) is 15.8. The summed E-state index contributed by atoms with van der Waals surface area (Å²) in [5.74, 6) is 2.50. The van der Waals surface area contributed by atoms with Gasteiger partial charge in [-0.15, -0.1) is 0 Å². The van der Waals surface area contributed by atoms with Crippen LogP contribution in [0.3, 0.4) is 0 Å². The highest BCUT2D eigenvalue weighted by Gasteiger charge is 2.64. The fourth-order valence-electron chi connectivity index (χ4n) is 5.57. The molecule has 0 aromatic heterocycles. The fraction of sp³-hybridized carbons (Fsp3) is 0.579. The lowest BCUT2D eigenvalue weighted by atomic mass is 9.53. The molecule has 5 rings (SSSR count). The van der Waals surface area contributed by atoms with Gasteiger partial charge in [0.25, 0.3) is 0 Å². The molecule has 23 heavy (non-hydrogen) atoms. The molecule has 3 nitrogen and oxygen atoms in total. The van der Waals surface area contributed by atoms with Gasteiger partial charge < -0.3 is 14.4 Å². The van der Waals surface area contributed by atoms with Gasteiger partial charge in [-0.3, -0.25) is 0 Å². The van der Waals surface area contributed by atoms with Gasteiger partial charge >= 0.3 is 0 Å². The standard InChI is InChI=1S/C19H23NO2S/c1-20-9-8-19-12-5-7-15(23-3)18(19)22-17-14(21-2)6-4-11(16(17)19)10-13(12)20/h4-7,12-13,15,18H,8-10H2,1-3H3/t12-,13+,15+,18-,19-/m0/s1. The van der Waals surface area contributed by atoms with Crippen LogP contribution in [-0.4, -0.2) is 49.3 Å². The Bertz CT molecular complexity index is 703. The Balaban J connectivity index is 1.80. The lowest BCUT2D eigenvalue weighted by molar-refractivity contribution is 0.00418. The molecule has 122 valence electrons. The Labute approximate surface area is 142 Å². The second-order valence-electron chi connectivity index (χ2n) is 7.32. The van der Waals surface area contributed by atoms with Gasteiger partial charge in [0.2, 0.25) is 0 Å². The molecule has 2 aliphatic carbocycles. The molecule has 1 aromatic rings. The van der Waals surface area contributed by atoms with Crippen LogP contribution >= 0.6 is 11.8 Å². The Morgan fingerprint density at radius 3 is 3.00 bits per heavy atom. The number of rotatable bonds is 2. The first-order chi connectivity index (χ1) is 11.2. The van der Waals surface area contributed by atoms with Crippen molar-refractivity contribution in [3.8, 4) is 11.5 Å². The molecule has 4 aliphatic rings.